The fourth-order valence-electron chi connectivity index (χ4n) is 1.61. The van der Waals surface area contributed by atoms with Crippen molar-refractivity contribution < 1.29 is 19.0 Å². The minimum Gasteiger partial charge on any atom is -0.504 e. The third kappa shape index (κ3) is 2.11. The normalized spacial score (nSPS) is 10.9. The zero-order valence-electron chi connectivity index (χ0n) is 10.4. The van der Waals surface area contributed by atoms with E-state index in [0.717, 1.165) is 0 Å². The summed E-state index contributed by atoms with van der Waals surface area (Å²) in [6, 6.07) is 4.82. The van der Waals surface area contributed by atoms with E-state index < -0.39 is 5.63 Å². The van der Waals surface area contributed by atoms with Crippen molar-refractivity contribution in [3.63, 3.8) is 0 Å². The van der Waals surface area contributed by atoms with Crippen LogP contribution in [0.2, 0.25) is 0 Å². The Hall–Kier alpha value is -2.17. The maximum atomic E-state index is 11.7. The van der Waals surface area contributed by atoms with Crippen LogP contribution in [0.4, 0.5) is 0 Å². The molecular formula is C13H14O5. The van der Waals surface area contributed by atoms with E-state index >= 15 is 0 Å². The lowest BCUT2D eigenvalue weighted by molar-refractivity contribution is 0.221. The Labute approximate surface area is 104 Å². The molecule has 1 N–H and O–H groups in total. The zero-order valence-corrected chi connectivity index (χ0v) is 10.4. The molecule has 2 rings (SSSR count). The van der Waals surface area contributed by atoms with Crippen molar-refractivity contribution >= 4 is 11.0 Å². The van der Waals surface area contributed by atoms with E-state index in [0.29, 0.717) is 11.1 Å². The van der Waals surface area contributed by atoms with Crippen molar-refractivity contribution in [2.75, 3.05) is 7.11 Å². The lowest BCUT2D eigenvalue weighted by atomic mass is 10.2. The number of ether oxygens (including phenoxy) is 2. The van der Waals surface area contributed by atoms with Gasteiger partial charge in [0.2, 0.25) is 5.75 Å². The molecule has 5 heteroatoms. The van der Waals surface area contributed by atoms with Crippen LogP contribution in [0.5, 0.6) is 17.2 Å². The van der Waals surface area contributed by atoms with Crippen LogP contribution in [0.1, 0.15) is 13.8 Å². The quantitative estimate of drug-likeness (QED) is 0.846. The molecule has 0 atom stereocenters. The lowest BCUT2D eigenvalue weighted by Crippen LogP contribution is -2.13. The Morgan fingerprint density at radius 3 is 2.67 bits per heavy atom. The summed E-state index contributed by atoms with van der Waals surface area (Å²) in [5, 5.41) is 10.4. The number of rotatable bonds is 3. The van der Waals surface area contributed by atoms with Crippen molar-refractivity contribution in [1.29, 1.82) is 0 Å². The predicted octanol–water partition coefficient (Wildman–Crippen LogP) is 2.29. The van der Waals surface area contributed by atoms with Crippen molar-refractivity contribution in [2.45, 2.75) is 20.0 Å². The van der Waals surface area contributed by atoms with Gasteiger partial charge < -0.3 is 19.0 Å². The highest BCUT2D eigenvalue weighted by Crippen LogP contribution is 2.33. The molecule has 0 aliphatic carbocycles. The monoisotopic (exact) mass is 250 g/mol. The van der Waals surface area contributed by atoms with Gasteiger partial charge in [-0.25, -0.2) is 4.79 Å². The van der Waals surface area contributed by atoms with E-state index in [4.69, 9.17) is 13.9 Å². The van der Waals surface area contributed by atoms with Gasteiger partial charge in [-0.15, -0.1) is 0 Å². The minimum atomic E-state index is -0.707. The maximum Gasteiger partial charge on any atom is 0.383 e. The zero-order chi connectivity index (χ0) is 13.3. The molecule has 0 amide bonds. The van der Waals surface area contributed by atoms with E-state index in [9.17, 15) is 9.90 Å². The van der Waals surface area contributed by atoms with Gasteiger partial charge in [0.25, 0.3) is 0 Å². The summed E-state index contributed by atoms with van der Waals surface area (Å²) in [4.78, 5) is 11.7. The molecule has 1 aromatic carbocycles. The molecule has 1 aromatic heterocycles. The Kier molecular flexibility index (Phi) is 3.14. The number of methoxy groups -OCH3 is 1. The first-order chi connectivity index (χ1) is 8.52. The van der Waals surface area contributed by atoms with Crippen molar-refractivity contribution in [1.82, 2.24) is 0 Å². The minimum absolute atomic E-state index is 0.164. The average Bonchev–Trinajstić information content (AvgIpc) is 2.33. The summed E-state index contributed by atoms with van der Waals surface area (Å²) in [6.45, 7) is 3.52. The molecule has 5 nitrogen and oxygen atoms in total. The molecular weight excluding hydrogens is 236 g/mol. The molecule has 2 aromatic rings. The molecule has 0 unspecified atom stereocenters. The molecule has 0 aliphatic rings. The van der Waals surface area contributed by atoms with Crippen LogP contribution in [-0.2, 0) is 0 Å². The Bertz CT molecular complexity index is 627. The third-order valence-corrected chi connectivity index (χ3v) is 2.40. The predicted molar refractivity (Wildman–Crippen MR) is 66.5 cm³/mol. The summed E-state index contributed by atoms with van der Waals surface area (Å²) < 4.78 is 15.4. The Morgan fingerprint density at radius 2 is 2.06 bits per heavy atom. The van der Waals surface area contributed by atoms with Gasteiger partial charge in [-0.1, -0.05) is 0 Å². The van der Waals surface area contributed by atoms with Crippen LogP contribution in [0.3, 0.4) is 0 Å². The number of hydrogen-bond donors (Lipinski definition) is 1. The summed E-state index contributed by atoms with van der Waals surface area (Å²) >= 11 is 0. The van der Waals surface area contributed by atoms with Gasteiger partial charge in [0.1, 0.15) is 11.3 Å². The van der Waals surface area contributed by atoms with Crippen LogP contribution < -0.4 is 15.1 Å². The summed E-state index contributed by atoms with van der Waals surface area (Å²) in [5.41, 5.74) is -0.449. The maximum absolute atomic E-state index is 11.7. The van der Waals surface area contributed by atoms with E-state index in [-0.39, 0.29) is 23.2 Å². The van der Waals surface area contributed by atoms with Gasteiger partial charge in [-0.05, 0) is 26.0 Å². The van der Waals surface area contributed by atoms with Crippen molar-refractivity contribution in [3.05, 3.63) is 28.6 Å². The van der Waals surface area contributed by atoms with Crippen molar-refractivity contribution in [3.8, 4) is 17.2 Å². The standard InChI is InChI=1S/C13H14O5/c1-7(2)17-12-11(14)9-5-4-8(16-3)6-10(9)18-13(12)15/h4-7,14H,1-3H3. The number of benzene rings is 1. The molecule has 0 spiro atoms. The molecule has 1 heterocycles. The fraction of sp³-hybridized carbons (Fsp3) is 0.308. The topological polar surface area (TPSA) is 68.9 Å². The van der Waals surface area contributed by atoms with Crippen LogP contribution in [0.15, 0.2) is 27.4 Å². The van der Waals surface area contributed by atoms with Crippen LogP contribution in [0, 0.1) is 0 Å². The third-order valence-electron chi connectivity index (χ3n) is 2.40. The van der Waals surface area contributed by atoms with Gasteiger partial charge in [0.05, 0.1) is 18.6 Å². The SMILES string of the molecule is COc1ccc2c(O)c(OC(C)C)c(=O)oc2c1. The second-order valence-corrected chi connectivity index (χ2v) is 4.10. The summed E-state index contributed by atoms with van der Waals surface area (Å²) in [6.07, 6.45) is -0.227. The fourth-order valence-corrected chi connectivity index (χ4v) is 1.61. The molecule has 18 heavy (non-hydrogen) atoms. The second-order valence-electron chi connectivity index (χ2n) is 4.10. The molecule has 0 aliphatic heterocycles. The van der Waals surface area contributed by atoms with E-state index in [1.54, 1.807) is 26.0 Å². The molecule has 96 valence electrons. The molecule has 0 radical (unpaired) electrons. The van der Waals surface area contributed by atoms with Gasteiger partial charge in [0.15, 0.2) is 5.75 Å². The molecule has 0 fully saturated rings. The average molecular weight is 250 g/mol. The smallest absolute Gasteiger partial charge is 0.383 e. The van der Waals surface area contributed by atoms with Crippen LogP contribution >= 0.6 is 0 Å². The molecule has 0 saturated heterocycles. The Morgan fingerprint density at radius 1 is 1.33 bits per heavy atom. The number of fused-ring (bicyclic) bond motifs is 1. The largest absolute Gasteiger partial charge is 0.504 e. The first kappa shape index (κ1) is 12.3. The number of hydrogen-bond acceptors (Lipinski definition) is 5. The van der Waals surface area contributed by atoms with Gasteiger partial charge >= 0.3 is 5.63 Å². The summed E-state index contributed by atoms with van der Waals surface area (Å²) in [5.74, 6) is 0.169. The van der Waals surface area contributed by atoms with E-state index in [2.05, 4.69) is 0 Å². The van der Waals surface area contributed by atoms with E-state index in [1.807, 2.05) is 0 Å². The van der Waals surface area contributed by atoms with Gasteiger partial charge in [-0.3, -0.25) is 0 Å². The Balaban J connectivity index is 2.67. The highest BCUT2D eigenvalue weighted by Gasteiger charge is 2.16. The van der Waals surface area contributed by atoms with E-state index in [1.165, 1.54) is 13.2 Å². The van der Waals surface area contributed by atoms with Gasteiger partial charge in [0, 0.05) is 6.07 Å². The summed E-state index contributed by atoms with van der Waals surface area (Å²) in [7, 11) is 1.51. The van der Waals surface area contributed by atoms with Crippen LogP contribution in [0.25, 0.3) is 11.0 Å². The van der Waals surface area contributed by atoms with Gasteiger partial charge in [-0.2, -0.15) is 0 Å². The molecule has 0 bridgehead atoms. The highest BCUT2D eigenvalue weighted by molar-refractivity contribution is 5.86. The first-order valence-corrected chi connectivity index (χ1v) is 5.53. The first-order valence-electron chi connectivity index (χ1n) is 5.53. The highest BCUT2D eigenvalue weighted by atomic mass is 16.5. The van der Waals surface area contributed by atoms with Crippen molar-refractivity contribution in [2.24, 2.45) is 0 Å². The van der Waals surface area contributed by atoms with Crippen LogP contribution in [-0.4, -0.2) is 18.3 Å². The molecule has 0 saturated carbocycles. The number of aromatic hydroxyl groups is 1. The lowest BCUT2D eigenvalue weighted by Gasteiger charge is -2.11. The second kappa shape index (κ2) is 4.60.